The van der Waals surface area contributed by atoms with E-state index in [-0.39, 0.29) is 24.7 Å². The standard InChI is InChI=1S/C21H22FN5O2S/c1-13-17(5-2-15-3-7-19(28)25-20(13)15)18-6-4-16(30-18)11-26-12-24-27(21(26)29)10-14(8-22)9-23/h2,4-6,8,12H,3,7,9-11,23H2,1H3,(H,25,28)/b14-8+. The first-order valence-electron chi connectivity index (χ1n) is 9.62. The van der Waals surface area contributed by atoms with Crippen LogP contribution in [0.3, 0.4) is 0 Å². The molecule has 0 unspecified atom stereocenters. The van der Waals surface area contributed by atoms with Crippen LogP contribution in [0.2, 0.25) is 0 Å². The highest BCUT2D eigenvalue weighted by Crippen LogP contribution is 2.37. The van der Waals surface area contributed by atoms with E-state index in [9.17, 15) is 14.0 Å². The quantitative estimate of drug-likeness (QED) is 0.632. The molecular weight excluding hydrogens is 405 g/mol. The van der Waals surface area contributed by atoms with Gasteiger partial charge < -0.3 is 11.1 Å². The van der Waals surface area contributed by atoms with Gasteiger partial charge in [0, 0.05) is 28.4 Å². The predicted octanol–water partition coefficient (Wildman–Crippen LogP) is 2.83. The van der Waals surface area contributed by atoms with Gasteiger partial charge in [-0.1, -0.05) is 12.1 Å². The van der Waals surface area contributed by atoms with Crippen molar-refractivity contribution in [2.75, 3.05) is 11.9 Å². The van der Waals surface area contributed by atoms with Crippen molar-refractivity contribution in [3.63, 3.8) is 0 Å². The van der Waals surface area contributed by atoms with Crippen LogP contribution < -0.4 is 16.7 Å². The summed E-state index contributed by atoms with van der Waals surface area (Å²) in [5.74, 6) is 0.0476. The SMILES string of the molecule is Cc1c(-c2ccc(Cn3cnn(C/C(=C/F)CN)c3=O)s2)ccc2c1NC(=O)CC2. The van der Waals surface area contributed by atoms with Crippen molar-refractivity contribution >= 4 is 22.9 Å². The number of carbonyl (C=O) groups excluding carboxylic acids is 1. The number of rotatable bonds is 6. The van der Waals surface area contributed by atoms with Crippen molar-refractivity contribution in [1.82, 2.24) is 14.3 Å². The second-order valence-corrected chi connectivity index (χ2v) is 8.43. The molecule has 3 heterocycles. The number of benzene rings is 1. The highest BCUT2D eigenvalue weighted by atomic mass is 32.1. The fourth-order valence-electron chi connectivity index (χ4n) is 3.57. The van der Waals surface area contributed by atoms with Crippen LogP contribution >= 0.6 is 11.3 Å². The molecule has 1 aromatic carbocycles. The van der Waals surface area contributed by atoms with E-state index in [1.54, 1.807) is 11.3 Å². The first-order valence-corrected chi connectivity index (χ1v) is 10.4. The fraction of sp³-hybridized carbons (Fsp3) is 0.286. The molecule has 9 heteroatoms. The van der Waals surface area contributed by atoms with E-state index in [0.29, 0.717) is 24.9 Å². The zero-order valence-electron chi connectivity index (χ0n) is 16.5. The number of thiophene rings is 1. The maximum absolute atomic E-state index is 12.7. The van der Waals surface area contributed by atoms with Crippen LogP contribution in [0.4, 0.5) is 10.1 Å². The largest absolute Gasteiger partial charge is 0.346 e. The molecule has 7 nitrogen and oxygen atoms in total. The fourth-order valence-corrected chi connectivity index (χ4v) is 4.66. The molecule has 3 aromatic rings. The summed E-state index contributed by atoms with van der Waals surface area (Å²) in [6, 6.07) is 8.16. The monoisotopic (exact) mass is 427 g/mol. The topological polar surface area (TPSA) is 94.9 Å². The van der Waals surface area contributed by atoms with Gasteiger partial charge in [-0.05, 0) is 47.7 Å². The van der Waals surface area contributed by atoms with E-state index in [0.717, 1.165) is 38.6 Å². The Labute approximate surface area is 176 Å². The van der Waals surface area contributed by atoms with Crippen LogP contribution in [-0.2, 0) is 24.3 Å². The van der Waals surface area contributed by atoms with Gasteiger partial charge in [0.1, 0.15) is 6.33 Å². The molecule has 0 radical (unpaired) electrons. The average Bonchev–Trinajstić information content (AvgIpc) is 3.34. The minimum atomic E-state index is -0.314. The molecule has 0 fully saturated rings. The number of carbonyl (C=O) groups is 1. The number of amides is 1. The number of nitrogens with zero attached hydrogens (tertiary/aromatic N) is 3. The highest BCUT2D eigenvalue weighted by molar-refractivity contribution is 7.15. The van der Waals surface area contributed by atoms with E-state index in [1.165, 1.54) is 15.6 Å². The van der Waals surface area contributed by atoms with Crippen LogP contribution in [0, 0.1) is 6.92 Å². The summed E-state index contributed by atoms with van der Waals surface area (Å²) < 4.78 is 15.4. The lowest BCUT2D eigenvalue weighted by atomic mass is 9.95. The van der Waals surface area contributed by atoms with Gasteiger partial charge in [-0.15, -0.1) is 11.3 Å². The summed E-state index contributed by atoms with van der Waals surface area (Å²) in [4.78, 5) is 26.4. The zero-order valence-corrected chi connectivity index (χ0v) is 17.3. The number of aromatic nitrogens is 3. The summed E-state index contributed by atoms with van der Waals surface area (Å²) in [5, 5.41) is 7.04. The molecule has 30 heavy (non-hydrogen) atoms. The summed E-state index contributed by atoms with van der Waals surface area (Å²) in [6.07, 6.45) is 3.15. The van der Waals surface area contributed by atoms with Gasteiger partial charge in [0.15, 0.2) is 0 Å². The summed E-state index contributed by atoms with van der Waals surface area (Å²) in [7, 11) is 0. The van der Waals surface area contributed by atoms with E-state index < -0.39 is 0 Å². The Morgan fingerprint density at radius 3 is 2.90 bits per heavy atom. The van der Waals surface area contributed by atoms with E-state index in [1.807, 2.05) is 19.1 Å². The van der Waals surface area contributed by atoms with Crippen molar-refractivity contribution in [3.8, 4) is 10.4 Å². The van der Waals surface area contributed by atoms with Crippen LogP contribution in [0.1, 0.15) is 22.4 Å². The number of hydrogen-bond acceptors (Lipinski definition) is 5. The maximum Gasteiger partial charge on any atom is 0.346 e. The minimum Gasteiger partial charge on any atom is -0.327 e. The van der Waals surface area contributed by atoms with Crippen LogP contribution in [-0.4, -0.2) is 26.8 Å². The van der Waals surface area contributed by atoms with Crippen LogP contribution in [0.15, 0.2) is 47.3 Å². The third-order valence-electron chi connectivity index (χ3n) is 5.26. The van der Waals surface area contributed by atoms with Crippen LogP contribution in [0.25, 0.3) is 10.4 Å². The van der Waals surface area contributed by atoms with E-state index in [4.69, 9.17) is 5.73 Å². The third-order valence-corrected chi connectivity index (χ3v) is 6.36. The van der Waals surface area contributed by atoms with Gasteiger partial charge in [0.2, 0.25) is 5.91 Å². The molecule has 0 bridgehead atoms. The zero-order chi connectivity index (χ0) is 21.3. The normalized spacial score (nSPS) is 14.0. The molecule has 156 valence electrons. The summed E-state index contributed by atoms with van der Waals surface area (Å²) in [6.45, 7) is 2.46. The molecule has 1 amide bonds. The Hall–Kier alpha value is -3.04. The molecule has 4 rings (SSSR count). The van der Waals surface area contributed by atoms with Gasteiger partial charge in [-0.2, -0.15) is 5.10 Å². The lowest BCUT2D eigenvalue weighted by Gasteiger charge is -2.20. The Bertz CT molecular complexity index is 1190. The number of nitrogens with one attached hydrogen (secondary N) is 1. The van der Waals surface area contributed by atoms with Crippen molar-refractivity contribution in [2.24, 2.45) is 5.73 Å². The molecule has 1 aliphatic heterocycles. The summed E-state index contributed by atoms with van der Waals surface area (Å²) >= 11 is 1.59. The van der Waals surface area contributed by atoms with E-state index >= 15 is 0 Å². The molecule has 2 aromatic heterocycles. The van der Waals surface area contributed by atoms with Gasteiger partial charge in [-0.3, -0.25) is 9.36 Å². The minimum absolute atomic E-state index is 0.0324. The number of fused-ring (bicyclic) bond motifs is 1. The molecule has 0 saturated carbocycles. The predicted molar refractivity (Wildman–Crippen MR) is 115 cm³/mol. The average molecular weight is 428 g/mol. The number of anilines is 1. The number of hydrogen-bond donors (Lipinski definition) is 2. The van der Waals surface area contributed by atoms with Gasteiger partial charge in [0.25, 0.3) is 0 Å². The Kier molecular flexibility index (Phi) is 5.65. The number of nitrogens with two attached hydrogens (primary N) is 1. The van der Waals surface area contributed by atoms with Gasteiger partial charge in [-0.25, -0.2) is 13.9 Å². The van der Waals surface area contributed by atoms with Crippen molar-refractivity contribution < 1.29 is 9.18 Å². The number of halogens is 1. The molecule has 3 N–H and O–H groups in total. The molecule has 0 spiro atoms. The first-order chi connectivity index (χ1) is 14.5. The Balaban J connectivity index is 1.56. The summed E-state index contributed by atoms with van der Waals surface area (Å²) in [5.41, 5.74) is 9.62. The molecule has 0 atom stereocenters. The second-order valence-electron chi connectivity index (χ2n) is 7.26. The third kappa shape index (κ3) is 3.86. The number of aryl methyl sites for hydroxylation is 1. The van der Waals surface area contributed by atoms with Crippen molar-refractivity contribution in [3.05, 3.63) is 69.0 Å². The lowest BCUT2D eigenvalue weighted by Crippen LogP contribution is -2.26. The van der Waals surface area contributed by atoms with E-state index in [2.05, 4.69) is 22.5 Å². The highest BCUT2D eigenvalue weighted by Gasteiger charge is 2.19. The van der Waals surface area contributed by atoms with Crippen molar-refractivity contribution in [1.29, 1.82) is 0 Å². The maximum atomic E-state index is 12.7. The Morgan fingerprint density at radius 2 is 2.13 bits per heavy atom. The Morgan fingerprint density at radius 1 is 1.30 bits per heavy atom. The van der Waals surface area contributed by atoms with Crippen molar-refractivity contribution in [2.45, 2.75) is 32.9 Å². The lowest BCUT2D eigenvalue weighted by molar-refractivity contribution is -0.116. The van der Waals surface area contributed by atoms with Gasteiger partial charge >= 0.3 is 5.69 Å². The second kappa shape index (κ2) is 8.37. The smallest absolute Gasteiger partial charge is 0.327 e. The molecule has 1 aliphatic rings. The van der Waals surface area contributed by atoms with Crippen LogP contribution in [0.5, 0.6) is 0 Å². The first kappa shape index (κ1) is 20.2. The molecule has 0 aliphatic carbocycles. The molecule has 0 saturated heterocycles. The molecular formula is C21H22FN5O2S. The van der Waals surface area contributed by atoms with Gasteiger partial charge in [0.05, 0.1) is 19.4 Å².